The first-order valence-electron chi connectivity index (χ1n) is 5.61. The van der Waals surface area contributed by atoms with E-state index in [9.17, 15) is 4.79 Å². The van der Waals surface area contributed by atoms with Gasteiger partial charge in [0.25, 0.3) is 0 Å². The van der Waals surface area contributed by atoms with Crippen LogP contribution in [0.15, 0.2) is 35.3 Å². The number of nitrogens with zero attached hydrogens (tertiary/aromatic N) is 1. The highest BCUT2D eigenvalue weighted by atomic mass is 16.5. The van der Waals surface area contributed by atoms with Gasteiger partial charge in [0.1, 0.15) is 0 Å². The molecule has 3 nitrogen and oxygen atoms in total. The van der Waals surface area contributed by atoms with Crippen LogP contribution in [0.4, 0.5) is 0 Å². The van der Waals surface area contributed by atoms with Gasteiger partial charge in [0.15, 0.2) is 0 Å². The average Bonchev–Trinajstić information content (AvgIpc) is 2.76. The van der Waals surface area contributed by atoms with Crippen molar-refractivity contribution in [1.29, 1.82) is 0 Å². The molecule has 0 heterocycles. The van der Waals surface area contributed by atoms with Crippen LogP contribution in [0.25, 0.3) is 0 Å². The number of hydrogen-bond donors (Lipinski definition) is 0. The summed E-state index contributed by atoms with van der Waals surface area (Å²) in [5.41, 5.74) is 1.19. The second kappa shape index (κ2) is 5.59. The third-order valence-corrected chi connectivity index (χ3v) is 2.92. The summed E-state index contributed by atoms with van der Waals surface area (Å²) in [6.07, 6.45) is 4.64. The number of rotatable bonds is 4. The monoisotopic (exact) mass is 217 g/mol. The lowest BCUT2D eigenvalue weighted by Gasteiger charge is -2.10. The largest absolute Gasteiger partial charge is 0.373 e. The Bertz CT molecular complexity index is 371. The van der Waals surface area contributed by atoms with Gasteiger partial charge in [-0.05, 0) is 24.8 Å². The first-order valence-corrected chi connectivity index (χ1v) is 5.61. The second-order valence-electron chi connectivity index (χ2n) is 4.11. The van der Waals surface area contributed by atoms with Crippen molar-refractivity contribution in [3.63, 3.8) is 0 Å². The number of benzene rings is 1. The van der Waals surface area contributed by atoms with Crippen molar-refractivity contribution in [2.24, 2.45) is 4.99 Å². The minimum absolute atomic E-state index is 0.123. The molecule has 1 aromatic carbocycles. The molecule has 1 aliphatic rings. The smallest absolute Gasteiger partial charge is 0.235 e. The third kappa shape index (κ3) is 3.02. The van der Waals surface area contributed by atoms with E-state index in [1.165, 1.54) is 5.56 Å². The van der Waals surface area contributed by atoms with Gasteiger partial charge in [-0.2, -0.15) is 0 Å². The van der Waals surface area contributed by atoms with Gasteiger partial charge in [-0.15, -0.1) is 0 Å². The van der Waals surface area contributed by atoms with Crippen molar-refractivity contribution in [2.75, 3.05) is 0 Å². The molecular formula is C13H15NO2. The standard InChI is InChI=1S/C13H15NO2/c15-10-14-12-6-7-13(8-12)16-9-11-4-2-1-3-5-11/h1-5,12-13H,6-9H2. The van der Waals surface area contributed by atoms with E-state index in [0.717, 1.165) is 19.3 Å². The fourth-order valence-electron chi connectivity index (χ4n) is 2.05. The summed E-state index contributed by atoms with van der Waals surface area (Å²) < 4.78 is 5.78. The molecule has 84 valence electrons. The van der Waals surface area contributed by atoms with E-state index in [1.807, 2.05) is 18.2 Å². The van der Waals surface area contributed by atoms with E-state index in [1.54, 1.807) is 6.08 Å². The summed E-state index contributed by atoms with van der Waals surface area (Å²) in [5, 5.41) is 0. The van der Waals surface area contributed by atoms with Crippen molar-refractivity contribution in [1.82, 2.24) is 0 Å². The lowest BCUT2D eigenvalue weighted by Crippen LogP contribution is -2.09. The molecule has 0 aromatic heterocycles. The summed E-state index contributed by atoms with van der Waals surface area (Å²) >= 11 is 0. The summed E-state index contributed by atoms with van der Waals surface area (Å²) in [6, 6.07) is 10.2. The molecular weight excluding hydrogens is 202 g/mol. The zero-order valence-corrected chi connectivity index (χ0v) is 9.13. The molecule has 1 aliphatic carbocycles. The van der Waals surface area contributed by atoms with Gasteiger partial charge >= 0.3 is 0 Å². The SMILES string of the molecule is O=C=NC1CCC(OCc2ccccc2)C1. The number of ether oxygens (including phenoxy) is 1. The highest BCUT2D eigenvalue weighted by molar-refractivity contribution is 5.33. The zero-order chi connectivity index (χ0) is 11.2. The summed E-state index contributed by atoms with van der Waals surface area (Å²) in [7, 11) is 0. The maximum absolute atomic E-state index is 10.1. The molecule has 1 saturated carbocycles. The molecule has 3 heteroatoms. The summed E-state index contributed by atoms with van der Waals surface area (Å²) in [6.45, 7) is 0.642. The van der Waals surface area contributed by atoms with Crippen LogP contribution in [-0.2, 0) is 16.1 Å². The molecule has 2 unspecified atom stereocenters. The second-order valence-corrected chi connectivity index (χ2v) is 4.11. The minimum Gasteiger partial charge on any atom is -0.373 e. The Morgan fingerprint density at radius 2 is 2.12 bits per heavy atom. The van der Waals surface area contributed by atoms with E-state index in [0.29, 0.717) is 6.61 Å². The summed E-state index contributed by atoms with van der Waals surface area (Å²) in [5.74, 6) is 0. The Kier molecular flexibility index (Phi) is 3.86. The van der Waals surface area contributed by atoms with Crippen LogP contribution in [-0.4, -0.2) is 18.2 Å². The lowest BCUT2D eigenvalue weighted by molar-refractivity contribution is 0.0449. The first kappa shape index (κ1) is 11.1. The Morgan fingerprint density at radius 1 is 1.31 bits per heavy atom. The van der Waals surface area contributed by atoms with Gasteiger partial charge in [0.05, 0.1) is 18.8 Å². The Morgan fingerprint density at radius 3 is 2.88 bits per heavy atom. The van der Waals surface area contributed by atoms with E-state index < -0.39 is 0 Å². The van der Waals surface area contributed by atoms with Crippen LogP contribution < -0.4 is 0 Å². The van der Waals surface area contributed by atoms with Crippen molar-refractivity contribution >= 4 is 6.08 Å². The highest BCUT2D eigenvalue weighted by Gasteiger charge is 2.24. The molecule has 0 spiro atoms. The van der Waals surface area contributed by atoms with Crippen LogP contribution in [0.2, 0.25) is 0 Å². The minimum atomic E-state index is 0.123. The molecule has 1 fully saturated rings. The van der Waals surface area contributed by atoms with E-state index in [-0.39, 0.29) is 12.1 Å². The van der Waals surface area contributed by atoms with Gasteiger partial charge in [-0.1, -0.05) is 30.3 Å². The molecule has 16 heavy (non-hydrogen) atoms. The van der Waals surface area contributed by atoms with E-state index in [2.05, 4.69) is 17.1 Å². The van der Waals surface area contributed by atoms with Crippen molar-refractivity contribution in [3.8, 4) is 0 Å². The highest BCUT2D eigenvalue weighted by Crippen LogP contribution is 2.25. The topological polar surface area (TPSA) is 38.7 Å². The predicted molar refractivity (Wildman–Crippen MR) is 60.8 cm³/mol. The number of hydrogen-bond acceptors (Lipinski definition) is 3. The summed E-state index contributed by atoms with van der Waals surface area (Å²) in [4.78, 5) is 13.9. The fourth-order valence-corrected chi connectivity index (χ4v) is 2.05. The third-order valence-electron chi connectivity index (χ3n) is 2.92. The van der Waals surface area contributed by atoms with Gasteiger partial charge in [0, 0.05) is 0 Å². The van der Waals surface area contributed by atoms with Crippen LogP contribution in [0, 0.1) is 0 Å². The van der Waals surface area contributed by atoms with Crippen LogP contribution in [0.1, 0.15) is 24.8 Å². The maximum atomic E-state index is 10.1. The Hall–Kier alpha value is -1.44. The molecule has 2 atom stereocenters. The number of carbonyl (C=O) groups excluding carboxylic acids is 1. The van der Waals surface area contributed by atoms with Gasteiger partial charge in [-0.25, -0.2) is 9.79 Å². The van der Waals surface area contributed by atoms with Gasteiger partial charge < -0.3 is 4.74 Å². The predicted octanol–water partition coefficient (Wildman–Crippen LogP) is 2.46. The normalized spacial score (nSPS) is 24.0. The van der Waals surface area contributed by atoms with E-state index >= 15 is 0 Å². The molecule has 0 N–H and O–H groups in total. The van der Waals surface area contributed by atoms with Crippen LogP contribution in [0.5, 0.6) is 0 Å². The molecule has 1 aromatic rings. The zero-order valence-electron chi connectivity index (χ0n) is 9.13. The van der Waals surface area contributed by atoms with Crippen LogP contribution in [0.3, 0.4) is 0 Å². The first-order chi connectivity index (χ1) is 7.88. The number of isocyanates is 1. The quantitative estimate of drug-likeness (QED) is 0.574. The average molecular weight is 217 g/mol. The lowest BCUT2D eigenvalue weighted by atomic mass is 10.2. The van der Waals surface area contributed by atoms with Crippen LogP contribution >= 0.6 is 0 Å². The molecule has 0 aliphatic heterocycles. The molecule has 0 amide bonds. The van der Waals surface area contributed by atoms with E-state index in [4.69, 9.17) is 4.74 Å². The maximum Gasteiger partial charge on any atom is 0.235 e. The molecule has 0 bridgehead atoms. The Balaban J connectivity index is 1.78. The molecule has 2 rings (SSSR count). The van der Waals surface area contributed by atoms with Crippen molar-refractivity contribution in [3.05, 3.63) is 35.9 Å². The molecule has 0 saturated heterocycles. The fraction of sp³-hybridized carbons (Fsp3) is 0.462. The van der Waals surface area contributed by atoms with Gasteiger partial charge in [-0.3, -0.25) is 0 Å². The van der Waals surface area contributed by atoms with Crippen molar-refractivity contribution < 1.29 is 9.53 Å². The molecule has 0 radical (unpaired) electrons. The van der Waals surface area contributed by atoms with Crippen molar-refractivity contribution in [2.45, 2.75) is 38.0 Å². The Labute approximate surface area is 95.2 Å². The number of aliphatic imine (C=N–C) groups is 1. The van der Waals surface area contributed by atoms with Gasteiger partial charge in [0.2, 0.25) is 6.08 Å².